The van der Waals surface area contributed by atoms with Crippen LogP contribution in [-0.4, -0.2) is 39.2 Å². The molecule has 1 aliphatic heterocycles. The van der Waals surface area contributed by atoms with Crippen LogP contribution in [0.2, 0.25) is 0 Å². The fourth-order valence-corrected chi connectivity index (χ4v) is 3.12. The van der Waals surface area contributed by atoms with Crippen LogP contribution >= 0.6 is 15.9 Å². The Kier molecular flexibility index (Phi) is 4.47. The first-order chi connectivity index (χ1) is 11.1. The molecule has 1 aromatic carbocycles. The van der Waals surface area contributed by atoms with E-state index in [0.29, 0.717) is 36.3 Å². The quantitative estimate of drug-likeness (QED) is 0.594. The summed E-state index contributed by atoms with van der Waals surface area (Å²) in [5.41, 5.74) is 1.96. The first-order valence-corrected chi connectivity index (χ1v) is 8.03. The summed E-state index contributed by atoms with van der Waals surface area (Å²) in [5.74, 6) is 0.236. The maximum Gasteiger partial charge on any atom is 0.326 e. The highest BCUT2D eigenvalue weighted by Crippen LogP contribution is 2.19. The van der Waals surface area contributed by atoms with E-state index in [9.17, 15) is 9.18 Å². The number of hydrogen-bond acceptors (Lipinski definition) is 3. The molecule has 118 valence electrons. The Balaban J connectivity index is 1.99. The van der Waals surface area contributed by atoms with E-state index in [0.717, 1.165) is 16.7 Å². The third kappa shape index (κ3) is 3.01. The number of hydrogen-bond donors (Lipinski definition) is 0. The number of aromatic nitrogens is 2. The molecule has 1 aromatic heterocycles. The number of amidine groups is 1. The van der Waals surface area contributed by atoms with Gasteiger partial charge in [-0.2, -0.15) is 5.10 Å². The zero-order chi connectivity index (χ0) is 16.4. The van der Waals surface area contributed by atoms with Crippen molar-refractivity contribution in [3.05, 3.63) is 51.5 Å². The van der Waals surface area contributed by atoms with Crippen LogP contribution in [-0.2, 0) is 13.1 Å². The highest BCUT2D eigenvalue weighted by Gasteiger charge is 2.25. The van der Waals surface area contributed by atoms with Crippen molar-refractivity contribution < 1.29 is 13.8 Å². The molecule has 0 saturated heterocycles. The second kappa shape index (κ2) is 6.54. The molecule has 0 atom stereocenters. The molecule has 0 amide bonds. The van der Waals surface area contributed by atoms with Crippen molar-refractivity contribution in [2.45, 2.75) is 20.0 Å². The molecule has 0 N–H and O–H groups in total. The molecule has 7 heteroatoms. The summed E-state index contributed by atoms with van der Waals surface area (Å²) in [6.07, 6.45) is 4.25. The molecule has 2 aromatic rings. The van der Waals surface area contributed by atoms with Crippen LogP contribution in [0.1, 0.15) is 28.4 Å². The van der Waals surface area contributed by atoms with Gasteiger partial charge in [0.1, 0.15) is 23.5 Å². The summed E-state index contributed by atoms with van der Waals surface area (Å²) in [6.45, 7) is 4.04. The molecule has 0 bridgehead atoms. The molecule has 0 aliphatic carbocycles. The summed E-state index contributed by atoms with van der Waals surface area (Å²) < 4.78 is 18.1. The van der Waals surface area contributed by atoms with Gasteiger partial charge in [0, 0.05) is 17.7 Å². The van der Waals surface area contributed by atoms with Gasteiger partial charge in [0.05, 0.1) is 11.8 Å². The molecule has 0 saturated carbocycles. The van der Waals surface area contributed by atoms with Gasteiger partial charge in [0.25, 0.3) is 0 Å². The largest absolute Gasteiger partial charge is 0.326 e. The molecule has 23 heavy (non-hydrogen) atoms. The lowest BCUT2D eigenvalue weighted by Crippen LogP contribution is -2.18. The molecule has 0 unspecified atom stereocenters. The second-order valence-electron chi connectivity index (χ2n) is 5.14. The van der Waals surface area contributed by atoms with Crippen molar-refractivity contribution in [2.24, 2.45) is 4.99 Å². The first-order valence-electron chi connectivity index (χ1n) is 7.23. The predicted molar refractivity (Wildman–Crippen MR) is 88.8 cm³/mol. The van der Waals surface area contributed by atoms with Crippen molar-refractivity contribution in [1.82, 2.24) is 9.78 Å². The minimum absolute atomic E-state index is 0.298. The van der Waals surface area contributed by atoms with E-state index < -0.39 is 5.82 Å². The Morgan fingerprint density at radius 3 is 3.00 bits per heavy atom. The second-order valence-corrected chi connectivity index (χ2v) is 5.89. The van der Waals surface area contributed by atoms with Crippen molar-refractivity contribution in [3.63, 3.8) is 0 Å². The average Bonchev–Trinajstić information content (AvgIpc) is 3.15. The highest BCUT2D eigenvalue weighted by molar-refractivity contribution is 9.10. The number of aldehydes is 1. The van der Waals surface area contributed by atoms with Gasteiger partial charge in [-0.15, -0.1) is 0 Å². The van der Waals surface area contributed by atoms with Gasteiger partial charge in [0.15, 0.2) is 12.5 Å². The summed E-state index contributed by atoms with van der Waals surface area (Å²) in [6, 6.07) is 4.16. The molecular formula is C16H15BrFN4O+. The molecule has 2 heterocycles. The Morgan fingerprint density at radius 1 is 1.48 bits per heavy atom. The maximum atomic E-state index is 13.3. The fraction of sp³-hybridized carbons (Fsp3) is 0.250. The van der Waals surface area contributed by atoms with E-state index in [-0.39, 0.29) is 0 Å². The predicted octanol–water partition coefficient (Wildman–Crippen LogP) is 2.66. The van der Waals surface area contributed by atoms with Gasteiger partial charge in [0.2, 0.25) is 0 Å². The zero-order valence-corrected chi connectivity index (χ0v) is 14.1. The van der Waals surface area contributed by atoms with Crippen molar-refractivity contribution >= 4 is 34.3 Å². The van der Waals surface area contributed by atoms with Crippen molar-refractivity contribution in [1.29, 1.82) is 0 Å². The molecular weight excluding hydrogens is 363 g/mol. The van der Waals surface area contributed by atoms with E-state index in [4.69, 9.17) is 0 Å². The molecule has 5 nitrogen and oxygen atoms in total. The average molecular weight is 378 g/mol. The SMILES string of the molecule is CCn1ncc(C[N+]2=C(c3ccc(F)cc3C=O)N=CC2)c1Br. The Morgan fingerprint density at radius 2 is 2.30 bits per heavy atom. The number of aryl methyl sites for hydroxylation is 1. The smallest absolute Gasteiger partial charge is 0.298 e. The Labute approximate surface area is 141 Å². The van der Waals surface area contributed by atoms with E-state index in [1.807, 2.05) is 22.4 Å². The van der Waals surface area contributed by atoms with Crippen LogP contribution < -0.4 is 0 Å². The van der Waals surface area contributed by atoms with E-state index >= 15 is 0 Å². The number of carbonyl (C=O) groups excluding carboxylic acids is 1. The van der Waals surface area contributed by atoms with Gasteiger partial charge in [-0.25, -0.2) is 8.97 Å². The highest BCUT2D eigenvalue weighted by atomic mass is 79.9. The summed E-state index contributed by atoms with van der Waals surface area (Å²) in [7, 11) is 0. The minimum Gasteiger partial charge on any atom is -0.298 e. The number of carbonyl (C=O) groups is 1. The van der Waals surface area contributed by atoms with Gasteiger partial charge >= 0.3 is 5.84 Å². The lowest BCUT2D eigenvalue weighted by molar-refractivity contribution is -0.525. The monoisotopic (exact) mass is 377 g/mol. The van der Waals surface area contributed by atoms with E-state index in [2.05, 4.69) is 26.0 Å². The number of benzene rings is 1. The first kappa shape index (κ1) is 15.7. The van der Waals surface area contributed by atoms with Crippen LogP contribution in [0.25, 0.3) is 0 Å². The fourth-order valence-electron chi connectivity index (χ4n) is 2.55. The van der Waals surface area contributed by atoms with Gasteiger partial charge < -0.3 is 0 Å². The van der Waals surface area contributed by atoms with Crippen molar-refractivity contribution in [3.8, 4) is 0 Å². The number of rotatable bonds is 5. The van der Waals surface area contributed by atoms with E-state index in [1.54, 1.807) is 12.3 Å². The Hall–Kier alpha value is -2.15. The third-order valence-electron chi connectivity index (χ3n) is 3.70. The van der Waals surface area contributed by atoms with Gasteiger partial charge in [-0.05, 0) is 46.0 Å². The third-order valence-corrected chi connectivity index (χ3v) is 4.62. The number of nitrogens with zero attached hydrogens (tertiary/aromatic N) is 4. The van der Waals surface area contributed by atoms with Crippen molar-refractivity contribution in [2.75, 3.05) is 6.54 Å². The normalized spacial score (nSPS) is 13.9. The summed E-state index contributed by atoms with van der Waals surface area (Å²) >= 11 is 3.55. The molecule has 1 aliphatic rings. The Bertz CT molecular complexity index is 825. The van der Waals surface area contributed by atoms with Crippen LogP contribution in [0, 0.1) is 5.82 Å². The molecule has 0 fully saturated rings. The summed E-state index contributed by atoms with van der Waals surface area (Å²) in [4.78, 5) is 15.6. The van der Waals surface area contributed by atoms with Crippen LogP contribution in [0.5, 0.6) is 0 Å². The zero-order valence-electron chi connectivity index (χ0n) is 12.5. The van der Waals surface area contributed by atoms with Crippen LogP contribution in [0.3, 0.4) is 0 Å². The maximum absolute atomic E-state index is 13.3. The van der Waals surface area contributed by atoms with E-state index in [1.165, 1.54) is 12.1 Å². The lowest BCUT2D eigenvalue weighted by Gasteiger charge is -2.05. The number of halogens is 2. The summed E-state index contributed by atoms with van der Waals surface area (Å²) in [5, 5.41) is 4.31. The molecule has 0 spiro atoms. The van der Waals surface area contributed by atoms with Crippen LogP contribution in [0.4, 0.5) is 4.39 Å². The topological polar surface area (TPSA) is 50.3 Å². The molecule has 3 rings (SSSR count). The van der Waals surface area contributed by atoms with Gasteiger partial charge in [-0.3, -0.25) is 9.48 Å². The number of aliphatic imine (C=N–C) groups is 1. The minimum atomic E-state index is -0.433. The van der Waals surface area contributed by atoms with Crippen LogP contribution in [0.15, 0.2) is 34.0 Å². The van der Waals surface area contributed by atoms with Gasteiger partial charge in [-0.1, -0.05) is 0 Å². The standard InChI is InChI=1S/C16H15BrFN4O/c1-2-22-15(17)12(8-20-22)9-21-6-5-19-16(21)14-4-3-13(18)7-11(14)10-23/h3-5,7-8,10H,2,6,9H2,1H3/q+1. The molecule has 0 radical (unpaired) electrons. The lowest BCUT2D eigenvalue weighted by atomic mass is 10.1.